The molecule has 2 unspecified atom stereocenters. The lowest BCUT2D eigenvalue weighted by Gasteiger charge is -2.17. The van der Waals surface area contributed by atoms with Gasteiger partial charge in [0.2, 0.25) is 0 Å². The maximum Gasteiger partial charge on any atom is 0.314 e. The van der Waals surface area contributed by atoms with Gasteiger partial charge in [0, 0.05) is 5.57 Å². The Balaban J connectivity index is 3.13. The number of rotatable bonds is 3. The number of ether oxygens (including phenoxy) is 2. The summed E-state index contributed by atoms with van der Waals surface area (Å²) in [6.45, 7) is 3.13. The van der Waals surface area contributed by atoms with Crippen molar-refractivity contribution >= 4 is 17.7 Å². The molecule has 5 heteroatoms. The van der Waals surface area contributed by atoms with Crippen LogP contribution in [0.15, 0.2) is 11.1 Å². The Bertz CT molecular complexity index is 394. The number of carbonyl (C=O) groups excluding carboxylic acids is 3. The van der Waals surface area contributed by atoms with Crippen LogP contribution in [0.3, 0.4) is 0 Å². The molecule has 5 nitrogen and oxygen atoms in total. The molecule has 0 fully saturated rings. The Labute approximate surface area is 99.8 Å². The summed E-state index contributed by atoms with van der Waals surface area (Å²) in [5, 5.41) is 0. The lowest BCUT2D eigenvalue weighted by molar-refractivity contribution is -0.155. The van der Waals surface area contributed by atoms with Gasteiger partial charge in [-0.05, 0) is 20.3 Å². The van der Waals surface area contributed by atoms with E-state index in [0.717, 1.165) is 5.57 Å². The van der Waals surface area contributed by atoms with Gasteiger partial charge in [0.25, 0.3) is 0 Å². The summed E-state index contributed by atoms with van der Waals surface area (Å²) in [4.78, 5) is 34.8. The van der Waals surface area contributed by atoms with E-state index in [2.05, 4.69) is 9.47 Å². The van der Waals surface area contributed by atoms with Crippen molar-refractivity contribution in [1.29, 1.82) is 0 Å². The lowest BCUT2D eigenvalue weighted by Crippen LogP contribution is -2.31. The average Bonchev–Trinajstić information content (AvgIpc) is 2.64. The van der Waals surface area contributed by atoms with Crippen LogP contribution in [0.5, 0.6) is 0 Å². The predicted octanol–water partition coefficient (Wildman–Crippen LogP) is 0.874. The minimum absolute atomic E-state index is 0.204. The van der Waals surface area contributed by atoms with Crippen LogP contribution in [0, 0.1) is 11.8 Å². The van der Waals surface area contributed by atoms with E-state index in [1.165, 1.54) is 21.1 Å². The second kappa shape index (κ2) is 5.12. The molecule has 1 rings (SSSR count). The van der Waals surface area contributed by atoms with E-state index in [0.29, 0.717) is 12.0 Å². The van der Waals surface area contributed by atoms with Crippen molar-refractivity contribution in [2.24, 2.45) is 11.8 Å². The SMILES string of the molecule is COC(=O)C1CC(C)=C(C(C)=O)C1C(=O)OC. The number of Topliss-reactive ketones (excluding diaryl/α,β-unsaturated/α-hetero) is 1. The van der Waals surface area contributed by atoms with Gasteiger partial charge in [-0.25, -0.2) is 0 Å². The highest BCUT2D eigenvalue weighted by Gasteiger charge is 2.45. The summed E-state index contributed by atoms with van der Waals surface area (Å²) < 4.78 is 9.31. The quantitative estimate of drug-likeness (QED) is 0.685. The number of methoxy groups -OCH3 is 2. The van der Waals surface area contributed by atoms with Gasteiger partial charge in [-0.1, -0.05) is 5.57 Å². The van der Waals surface area contributed by atoms with Crippen molar-refractivity contribution in [3.63, 3.8) is 0 Å². The Morgan fingerprint density at radius 1 is 1.12 bits per heavy atom. The van der Waals surface area contributed by atoms with Crippen LogP contribution >= 0.6 is 0 Å². The number of hydrogen-bond donors (Lipinski definition) is 0. The van der Waals surface area contributed by atoms with Crippen LogP contribution in [-0.2, 0) is 23.9 Å². The maximum atomic E-state index is 11.7. The van der Waals surface area contributed by atoms with Crippen LogP contribution < -0.4 is 0 Å². The molecule has 94 valence electrons. The lowest BCUT2D eigenvalue weighted by atomic mass is 9.89. The third-order valence-electron chi connectivity index (χ3n) is 3.04. The minimum Gasteiger partial charge on any atom is -0.469 e. The number of hydrogen-bond acceptors (Lipinski definition) is 5. The first-order valence-electron chi connectivity index (χ1n) is 5.30. The molecule has 1 aliphatic rings. The van der Waals surface area contributed by atoms with E-state index in [4.69, 9.17) is 0 Å². The van der Waals surface area contributed by atoms with Crippen LogP contribution in [0.1, 0.15) is 20.3 Å². The zero-order valence-corrected chi connectivity index (χ0v) is 10.4. The summed E-state index contributed by atoms with van der Waals surface area (Å²) in [7, 11) is 2.50. The molecule has 17 heavy (non-hydrogen) atoms. The van der Waals surface area contributed by atoms with Gasteiger partial charge in [0.05, 0.1) is 26.1 Å². The largest absolute Gasteiger partial charge is 0.469 e. The van der Waals surface area contributed by atoms with Gasteiger partial charge >= 0.3 is 11.9 Å². The standard InChI is InChI=1S/C12H16O5/c1-6-5-8(11(14)16-3)10(12(15)17-4)9(6)7(2)13/h8,10H,5H2,1-4H3. The van der Waals surface area contributed by atoms with Gasteiger partial charge < -0.3 is 9.47 Å². The second-order valence-corrected chi connectivity index (χ2v) is 4.08. The fourth-order valence-corrected chi connectivity index (χ4v) is 2.32. The summed E-state index contributed by atoms with van der Waals surface area (Å²) in [5.41, 5.74) is 1.13. The molecule has 0 heterocycles. The topological polar surface area (TPSA) is 69.7 Å². The van der Waals surface area contributed by atoms with Gasteiger partial charge in [0.1, 0.15) is 0 Å². The summed E-state index contributed by atoms with van der Waals surface area (Å²) >= 11 is 0. The van der Waals surface area contributed by atoms with Crippen molar-refractivity contribution in [3.8, 4) is 0 Å². The first-order valence-corrected chi connectivity index (χ1v) is 5.30. The molecule has 0 amide bonds. The van der Waals surface area contributed by atoms with Crippen molar-refractivity contribution < 1.29 is 23.9 Å². The molecule has 0 radical (unpaired) electrons. The van der Waals surface area contributed by atoms with Gasteiger partial charge in [-0.3, -0.25) is 14.4 Å². The summed E-state index contributed by atoms with van der Waals surface area (Å²) in [5.74, 6) is -2.74. The molecular weight excluding hydrogens is 224 g/mol. The first kappa shape index (κ1) is 13.4. The van der Waals surface area contributed by atoms with Crippen LogP contribution in [0.2, 0.25) is 0 Å². The molecule has 0 saturated heterocycles. The summed E-state index contributed by atoms with van der Waals surface area (Å²) in [6.07, 6.45) is 0.362. The summed E-state index contributed by atoms with van der Waals surface area (Å²) in [6, 6.07) is 0. The minimum atomic E-state index is -0.829. The van der Waals surface area contributed by atoms with Gasteiger partial charge in [-0.15, -0.1) is 0 Å². The fraction of sp³-hybridized carbons (Fsp3) is 0.583. The van der Waals surface area contributed by atoms with E-state index in [1.807, 2.05) is 0 Å². The Kier molecular flexibility index (Phi) is 4.04. The zero-order chi connectivity index (χ0) is 13.2. The number of carbonyl (C=O) groups is 3. The van der Waals surface area contributed by atoms with Crippen molar-refractivity contribution in [3.05, 3.63) is 11.1 Å². The highest BCUT2D eigenvalue weighted by Crippen LogP contribution is 2.38. The molecular formula is C12H16O5. The van der Waals surface area contributed by atoms with Crippen LogP contribution in [-0.4, -0.2) is 31.9 Å². The van der Waals surface area contributed by atoms with E-state index in [1.54, 1.807) is 6.92 Å². The highest BCUT2D eigenvalue weighted by atomic mass is 16.5. The van der Waals surface area contributed by atoms with E-state index >= 15 is 0 Å². The monoisotopic (exact) mass is 240 g/mol. The molecule has 1 aliphatic carbocycles. The number of esters is 2. The third-order valence-corrected chi connectivity index (χ3v) is 3.04. The zero-order valence-electron chi connectivity index (χ0n) is 10.4. The molecule has 0 aromatic carbocycles. The number of allylic oxidation sites excluding steroid dienone is 1. The normalized spacial score (nSPS) is 23.5. The van der Waals surface area contributed by atoms with Crippen LogP contribution in [0.25, 0.3) is 0 Å². The van der Waals surface area contributed by atoms with Gasteiger partial charge in [0.15, 0.2) is 5.78 Å². The fourth-order valence-electron chi connectivity index (χ4n) is 2.32. The molecule has 0 bridgehead atoms. The third kappa shape index (κ3) is 2.38. The smallest absolute Gasteiger partial charge is 0.314 e. The maximum absolute atomic E-state index is 11.7. The average molecular weight is 240 g/mol. The molecule has 0 spiro atoms. The predicted molar refractivity (Wildman–Crippen MR) is 59.0 cm³/mol. The second-order valence-electron chi connectivity index (χ2n) is 4.08. The van der Waals surface area contributed by atoms with Crippen molar-refractivity contribution in [2.75, 3.05) is 14.2 Å². The molecule has 0 saturated carbocycles. The van der Waals surface area contributed by atoms with Gasteiger partial charge in [-0.2, -0.15) is 0 Å². The Morgan fingerprint density at radius 2 is 1.65 bits per heavy atom. The molecule has 0 aromatic heterocycles. The Hall–Kier alpha value is -1.65. The van der Waals surface area contributed by atoms with Crippen molar-refractivity contribution in [1.82, 2.24) is 0 Å². The van der Waals surface area contributed by atoms with E-state index in [-0.39, 0.29) is 5.78 Å². The first-order chi connectivity index (χ1) is 7.93. The highest BCUT2D eigenvalue weighted by molar-refractivity contribution is 6.02. The molecule has 0 N–H and O–H groups in total. The molecule has 0 aromatic rings. The van der Waals surface area contributed by atoms with E-state index < -0.39 is 23.8 Å². The molecule has 0 aliphatic heterocycles. The van der Waals surface area contributed by atoms with Crippen molar-refractivity contribution in [2.45, 2.75) is 20.3 Å². The Morgan fingerprint density at radius 3 is 2.06 bits per heavy atom. The van der Waals surface area contributed by atoms with Crippen LogP contribution in [0.4, 0.5) is 0 Å². The molecule has 2 atom stereocenters. The van der Waals surface area contributed by atoms with E-state index in [9.17, 15) is 14.4 Å². The number of ketones is 1.